The predicted molar refractivity (Wildman–Crippen MR) is 104 cm³/mol. The van der Waals surface area contributed by atoms with E-state index in [0.717, 1.165) is 31.7 Å². The molecule has 1 aromatic heterocycles. The van der Waals surface area contributed by atoms with Crippen LogP contribution >= 0.6 is 0 Å². The number of carbonyl (C=O) groups is 3. The van der Waals surface area contributed by atoms with E-state index < -0.39 is 40.6 Å². The Morgan fingerprint density at radius 2 is 2.07 bits per heavy atom. The number of nitrogens with one attached hydrogen (secondary N) is 2. The normalized spacial score (nSPS) is 22.9. The summed E-state index contributed by atoms with van der Waals surface area (Å²) in [5.74, 6) is -0.0396. The number of nitro groups is 1. The summed E-state index contributed by atoms with van der Waals surface area (Å²) < 4.78 is 5.21. The van der Waals surface area contributed by atoms with Crippen molar-refractivity contribution < 1.29 is 24.0 Å². The van der Waals surface area contributed by atoms with Crippen molar-refractivity contribution >= 4 is 23.6 Å². The number of methoxy groups -OCH3 is 1. The summed E-state index contributed by atoms with van der Waals surface area (Å²) in [5.41, 5.74) is -2.20. The molecule has 11 heteroatoms. The van der Waals surface area contributed by atoms with Gasteiger partial charge in [-0.2, -0.15) is 0 Å². The molecule has 2 fully saturated rings. The van der Waals surface area contributed by atoms with Crippen molar-refractivity contribution in [2.45, 2.75) is 45.2 Å². The number of esters is 1. The standard InChI is InChI=1S/C19H24N4O7/c1-10(14-6-11-3-4-12(14)5-11)20-19(27)21-16(24)9-22-8-13(18(26)30-2)7-15(17(22)25)23(28)29/h7-8,10-12,14H,3-6,9H2,1-2H3,(H2,20,21,24,27)/t10-,11-,12-,14+/m0/s1. The van der Waals surface area contributed by atoms with Crippen LogP contribution in [-0.4, -0.2) is 40.5 Å². The SMILES string of the molecule is COC(=O)c1cc([N+](=O)[O-])c(=O)n(CC(=O)NC(=O)N[C@@H](C)[C@H]2C[C@H]3CC[C@H]2C3)c1. The highest BCUT2D eigenvalue weighted by Gasteiger charge is 2.42. The first-order valence-electron chi connectivity index (χ1n) is 9.77. The summed E-state index contributed by atoms with van der Waals surface area (Å²) in [4.78, 5) is 58.4. The van der Waals surface area contributed by atoms with Gasteiger partial charge in [0.05, 0.1) is 17.6 Å². The molecule has 2 bridgehead atoms. The minimum Gasteiger partial charge on any atom is -0.465 e. The zero-order valence-electron chi connectivity index (χ0n) is 16.8. The van der Waals surface area contributed by atoms with Gasteiger partial charge in [-0.25, -0.2) is 9.59 Å². The predicted octanol–water partition coefficient (Wildman–Crippen LogP) is 1.19. The molecule has 2 aliphatic rings. The van der Waals surface area contributed by atoms with Crippen LogP contribution in [0.2, 0.25) is 0 Å². The van der Waals surface area contributed by atoms with Gasteiger partial charge in [-0.1, -0.05) is 6.42 Å². The van der Waals surface area contributed by atoms with E-state index in [-0.39, 0.29) is 11.6 Å². The lowest BCUT2D eigenvalue weighted by Crippen LogP contribution is -2.48. The average molecular weight is 420 g/mol. The molecule has 0 unspecified atom stereocenters. The molecule has 3 rings (SSSR count). The second-order valence-electron chi connectivity index (χ2n) is 7.94. The van der Waals surface area contributed by atoms with E-state index in [1.54, 1.807) is 0 Å². The minimum atomic E-state index is -1.07. The molecule has 2 aliphatic carbocycles. The van der Waals surface area contributed by atoms with Crippen LogP contribution in [0.25, 0.3) is 0 Å². The average Bonchev–Trinajstić information content (AvgIpc) is 3.32. The Balaban J connectivity index is 1.64. The molecule has 2 N–H and O–H groups in total. The van der Waals surface area contributed by atoms with Crippen molar-refractivity contribution in [1.82, 2.24) is 15.2 Å². The van der Waals surface area contributed by atoms with Crippen molar-refractivity contribution in [3.63, 3.8) is 0 Å². The zero-order valence-corrected chi connectivity index (χ0v) is 16.8. The minimum absolute atomic E-state index is 0.0976. The van der Waals surface area contributed by atoms with Crippen molar-refractivity contribution in [2.75, 3.05) is 7.11 Å². The van der Waals surface area contributed by atoms with Crippen LogP contribution in [0.5, 0.6) is 0 Å². The highest BCUT2D eigenvalue weighted by molar-refractivity contribution is 5.94. The molecular weight excluding hydrogens is 396 g/mol. The molecule has 11 nitrogen and oxygen atoms in total. The number of aromatic nitrogens is 1. The van der Waals surface area contributed by atoms with Gasteiger partial charge in [0.1, 0.15) is 6.54 Å². The Hall–Kier alpha value is -3.24. The monoisotopic (exact) mass is 420 g/mol. The summed E-state index contributed by atoms with van der Waals surface area (Å²) in [6.07, 6.45) is 5.65. The Morgan fingerprint density at radius 1 is 1.33 bits per heavy atom. The smallest absolute Gasteiger partial charge is 0.339 e. The molecular formula is C19H24N4O7. The highest BCUT2D eigenvalue weighted by atomic mass is 16.6. The van der Waals surface area contributed by atoms with Crippen LogP contribution in [0.3, 0.4) is 0 Å². The molecule has 0 spiro atoms. The third kappa shape index (κ3) is 4.50. The molecule has 0 radical (unpaired) electrons. The lowest BCUT2D eigenvalue weighted by atomic mass is 9.84. The number of imide groups is 1. The van der Waals surface area contributed by atoms with Gasteiger partial charge in [-0.15, -0.1) is 0 Å². The third-order valence-electron chi connectivity index (χ3n) is 6.05. The topological polar surface area (TPSA) is 150 Å². The van der Waals surface area contributed by atoms with E-state index in [2.05, 4.69) is 15.4 Å². The molecule has 2 saturated carbocycles. The van der Waals surface area contributed by atoms with Crippen LogP contribution in [0.1, 0.15) is 43.0 Å². The Labute approximate surface area is 171 Å². The van der Waals surface area contributed by atoms with E-state index in [1.165, 1.54) is 19.3 Å². The molecule has 0 aliphatic heterocycles. The number of pyridine rings is 1. The van der Waals surface area contributed by atoms with Crippen molar-refractivity contribution in [2.24, 2.45) is 17.8 Å². The Kier molecular flexibility index (Phi) is 6.18. The van der Waals surface area contributed by atoms with E-state index in [9.17, 15) is 29.3 Å². The fourth-order valence-electron chi connectivity index (χ4n) is 4.67. The van der Waals surface area contributed by atoms with Crippen LogP contribution < -0.4 is 16.2 Å². The van der Waals surface area contributed by atoms with Gasteiger partial charge in [-0.3, -0.25) is 29.6 Å². The van der Waals surface area contributed by atoms with E-state index in [0.29, 0.717) is 16.4 Å². The lowest BCUT2D eigenvalue weighted by molar-refractivity contribution is -0.386. The van der Waals surface area contributed by atoms with E-state index in [1.807, 2.05) is 6.92 Å². The number of carbonyl (C=O) groups excluding carboxylic acids is 3. The number of hydrogen-bond donors (Lipinski definition) is 2. The Bertz CT molecular complexity index is 941. The van der Waals surface area contributed by atoms with Crippen molar-refractivity contribution in [3.05, 3.63) is 38.3 Å². The number of fused-ring (bicyclic) bond motifs is 2. The maximum atomic E-state index is 12.2. The van der Waals surface area contributed by atoms with Crippen LogP contribution in [0, 0.1) is 27.9 Å². The number of amides is 3. The van der Waals surface area contributed by atoms with Gasteiger partial charge in [0.2, 0.25) is 5.91 Å². The summed E-state index contributed by atoms with van der Waals surface area (Å²) in [7, 11) is 1.08. The first-order chi connectivity index (χ1) is 14.2. The molecule has 162 valence electrons. The second-order valence-corrected chi connectivity index (χ2v) is 7.94. The number of hydrogen-bond acceptors (Lipinski definition) is 7. The maximum absolute atomic E-state index is 12.2. The summed E-state index contributed by atoms with van der Waals surface area (Å²) in [6, 6.07) is -0.00627. The number of ether oxygens (including phenoxy) is 1. The van der Waals surface area contributed by atoms with E-state index in [4.69, 9.17) is 0 Å². The number of urea groups is 1. The van der Waals surface area contributed by atoms with Gasteiger partial charge < -0.3 is 10.1 Å². The van der Waals surface area contributed by atoms with Gasteiger partial charge in [0, 0.05) is 18.3 Å². The number of nitrogens with zero attached hydrogens (tertiary/aromatic N) is 2. The molecule has 1 aromatic rings. The van der Waals surface area contributed by atoms with E-state index >= 15 is 0 Å². The van der Waals surface area contributed by atoms with Gasteiger partial charge in [0.15, 0.2) is 0 Å². The van der Waals surface area contributed by atoms with Gasteiger partial charge in [0.25, 0.3) is 0 Å². The Morgan fingerprint density at radius 3 is 2.63 bits per heavy atom. The molecule has 1 heterocycles. The quantitative estimate of drug-likeness (QED) is 0.399. The fraction of sp³-hybridized carbons (Fsp3) is 0.579. The van der Waals surface area contributed by atoms with Gasteiger partial charge >= 0.3 is 23.2 Å². The highest BCUT2D eigenvalue weighted by Crippen LogP contribution is 2.49. The van der Waals surface area contributed by atoms with Gasteiger partial charge in [-0.05, 0) is 43.9 Å². The third-order valence-corrected chi connectivity index (χ3v) is 6.05. The van der Waals surface area contributed by atoms with Crippen LogP contribution in [-0.2, 0) is 16.1 Å². The lowest BCUT2D eigenvalue weighted by Gasteiger charge is -2.28. The van der Waals surface area contributed by atoms with Crippen molar-refractivity contribution in [1.29, 1.82) is 0 Å². The number of rotatable bonds is 6. The van der Waals surface area contributed by atoms with Crippen molar-refractivity contribution in [3.8, 4) is 0 Å². The molecule has 0 aromatic carbocycles. The van der Waals surface area contributed by atoms with Crippen LogP contribution in [0.15, 0.2) is 17.1 Å². The summed E-state index contributed by atoms with van der Waals surface area (Å²) in [5, 5.41) is 16.0. The first-order valence-corrected chi connectivity index (χ1v) is 9.77. The van der Waals surface area contributed by atoms with Crippen LogP contribution in [0.4, 0.5) is 10.5 Å². The maximum Gasteiger partial charge on any atom is 0.339 e. The second kappa shape index (κ2) is 8.64. The summed E-state index contributed by atoms with van der Waals surface area (Å²) in [6.45, 7) is 1.24. The molecule has 30 heavy (non-hydrogen) atoms. The fourth-order valence-corrected chi connectivity index (χ4v) is 4.67. The summed E-state index contributed by atoms with van der Waals surface area (Å²) >= 11 is 0. The first kappa shape index (κ1) is 21.5. The zero-order chi connectivity index (χ0) is 22.0. The molecule has 0 saturated heterocycles. The molecule has 4 atom stereocenters. The molecule has 3 amide bonds. The largest absolute Gasteiger partial charge is 0.465 e.